The number of hydrogen-bond acceptors (Lipinski definition) is 4. The van der Waals surface area contributed by atoms with Gasteiger partial charge in [-0.2, -0.15) is 0 Å². The fourth-order valence-electron chi connectivity index (χ4n) is 1.27. The highest BCUT2D eigenvalue weighted by atomic mass is 79.9. The van der Waals surface area contributed by atoms with Gasteiger partial charge < -0.3 is 10.5 Å². The zero-order chi connectivity index (χ0) is 12.1. The van der Waals surface area contributed by atoms with E-state index < -0.39 is 0 Å². The van der Waals surface area contributed by atoms with Crippen molar-refractivity contribution >= 4 is 49.2 Å². The highest BCUT2D eigenvalue weighted by Crippen LogP contribution is 2.35. The van der Waals surface area contributed by atoms with Gasteiger partial charge in [-0.15, -0.1) is 11.3 Å². The Balaban J connectivity index is 2.49. The van der Waals surface area contributed by atoms with Crippen molar-refractivity contribution in [2.24, 2.45) is 5.73 Å². The van der Waals surface area contributed by atoms with Crippen LogP contribution in [-0.4, -0.2) is 12.6 Å². The van der Waals surface area contributed by atoms with Gasteiger partial charge in [0.05, 0.1) is 14.2 Å². The molecule has 1 atom stereocenters. The molecule has 0 fully saturated rings. The molecule has 6 heteroatoms. The molecule has 0 aliphatic carbocycles. The first kappa shape index (κ1) is 14.2. The van der Waals surface area contributed by atoms with Gasteiger partial charge in [-0.3, -0.25) is 4.79 Å². The van der Waals surface area contributed by atoms with Crippen LogP contribution < -0.4 is 5.73 Å². The third-order valence-electron chi connectivity index (χ3n) is 2.05. The van der Waals surface area contributed by atoms with Crippen LogP contribution in [0.15, 0.2) is 13.6 Å². The van der Waals surface area contributed by atoms with Crippen LogP contribution in [0.25, 0.3) is 0 Å². The Morgan fingerprint density at radius 3 is 2.81 bits per heavy atom. The monoisotopic (exact) mass is 369 g/mol. The van der Waals surface area contributed by atoms with E-state index in [1.165, 1.54) is 0 Å². The Hall–Kier alpha value is 0.0900. The predicted molar refractivity (Wildman–Crippen MR) is 72.5 cm³/mol. The molecule has 0 aliphatic heterocycles. The number of esters is 1. The first-order valence-corrected chi connectivity index (χ1v) is 7.30. The van der Waals surface area contributed by atoms with Gasteiger partial charge in [0.25, 0.3) is 0 Å². The molecular formula is C10H13Br2NO2S. The smallest absolute Gasteiger partial charge is 0.305 e. The van der Waals surface area contributed by atoms with Gasteiger partial charge in [-0.1, -0.05) is 0 Å². The van der Waals surface area contributed by atoms with E-state index in [4.69, 9.17) is 10.5 Å². The maximum atomic E-state index is 11.2. The van der Waals surface area contributed by atoms with Gasteiger partial charge in [0.15, 0.2) is 0 Å². The standard InChI is InChI=1S/C10H13Br2NO2S/c1-2-15-9(14)4-3-7(13)6-5-8(11)16-10(6)12/h5,7H,2-4,13H2,1H3. The molecule has 0 bridgehead atoms. The number of carbonyl (C=O) groups is 1. The molecule has 90 valence electrons. The maximum absolute atomic E-state index is 11.2. The summed E-state index contributed by atoms with van der Waals surface area (Å²) < 4.78 is 6.89. The van der Waals surface area contributed by atoms with Crippen LogP contribution in [0.4, 0.5) is 0 Å². The van der Waals surface area contributed by atoms with E-state index in [9.17, 15) is 4.79 Å². The molecule has 1 aromatic heterocycles. The molecule has 0 aliphatic rings. The minimum absolute atomic E-state index is 0.138. The van der Waals surface area contributed by atoms with Gasteiger partial charge in [0, 0.05) is 12.5 Å². The third-order valence-corrected chi connectivity index (χ3v) is 4.43. The van der Waals surface area contributed by atoms with Gasteiger partial charge in [0.1, 0.15) is 0 Å². The lowest BCUT2D eigenvalue weighted by Gasteiger charge is -2.10. The van der Waals surface area contributed by atoms with Crippen LogP contribution in [0.5, 0.6) is 0 Å². The Morgan fingerprint density at radius 2 is 2.31 bits per heavy atom. The van der Waals surface area contributed by atoms with Crippen LogP contribution >= 0.6 is 43.2 Å². The van der Waals surface area contributed by atoms with E-state index in [0.717, 1.165) is 13.1 Å². The minimum Gasteiger partial charge on any atom is -0.466 e. The van der Waals surface area contributed by atoms with E-state index in [-0.39, 0.29) is 12.0 Å². The van der Waals surface area contributed by atoms with E-state index in [2.05, 4.69) is 31.9 Å². The predicted octanol–water partition coefficient (Wildman–Crippen LogP) is 3.62. The summed E-state index contributed by atoms with van der Waals surface area (Å²) in [7, 11) is 0. The summed E-state index contributed by atoms with van der Waals surface area (Å²) in [6, 6.07) is 1.84. The summed E-state index contributed by atoms with van der Waals surface area (Å²) >= 11 is 8.42. The molecule has 1 heterocycles. The average molecular weight is 371 g/mol. The number of thiophene rings is 1. The van der Waals surface area contributed by atoms with Gasteiger partial charge >= 0.3 is 5.97 Å². The first-order chi connectivity index (χ1) is 7.54. The lowest BCUT2D eigenvalue weighted by Crippen LogP contribution is -2.13. The van der Waals surface area contributed by atoms with Crippen LogP contribution in [0.1, 0.15) is 31.4 Å². The van der Waals surface area contributed by atoms with E-state index in [1.54, 1.807) is 18.3 Å². The second-order valence-corrected chi connectivity index (χ2v) is 6.98. The molecule has 16 heavy (non-hydrogen) atoms. The highest BCUT2D eigenvalue weighted by Gasteiger charge is 2.15. The minimum atomic E-state index is -0.191. The van der Waals surface area contributed by atoms with E-state index in [1.807, 2.05) is 6.07 Å². The van der Waals surface area contributed by atoms with Gasteiger partial charge in [-0.05, 0) is 56.8 Å². The maximum Gasteiger partial charge on any atom is 0.305 e. The molecule has 1 unspecified atom stereocenters. The summed E-state index contributed by atoms with van der Waals surface area (Å²) in [5, 5.41) is 0. The summed E-state index contributed by atoms with van der Waals surface area (Å²) in [5.41, 5.74) is 7.03. The fourth-order valence-corrected chi connectivity index (χ4v) is 4.27. The number of nitrogens with two attached hydrogens (primary N) is 1. The normalized spacial score (nSPS) is 12.5. The number of carbonyl (C=O) groups excluding carboxylic acids is 1. The molecular weight excluding hydrogens is 358 g/mol. The van der Waals surface area contributed by atoms with Crippen molar-refractivity contribution in [3.63, 3.8) is 0 Å². The molecule has 0 saturated heterocycles. The molecule has 0 spiro atoms. The number of hydrogen-bond donors (Lipinski definition) is 1. The van der Waals surface area contributed by atoms with Crippen molar-refractivity contribution in [1.29, 1.82) is 0 Å². The van der Waals surface area contributed by atoms with E-state index >= 15 is 0 Å². The third kappa shape index (κ3) is 4.16. The van der Waals surface area contributed by atoms with Crippen molar-refractivity contribution in [2.75, 3.05) is 6.61 Å². The summed E-state index contributed by atoms with van der Waals surface area (Å²) in [6.45, 7) is 2.21. The zero-order valence-corrected chi connectivity index (χ0v) is 12.8. The van der Waals surface area contributed by atoms with Gasteiger partial charge in [0.2, 0.25) is 0 Å². The highest BCUT2D eigenvalue weighted by molar-refractivity contribution is 9.12. The Kier molecular flexibility index (Phi) is 5.96. The Bertz CT molecular complexity index is 368. The Labute approximate surface area is 116 Å². The zero-order valence-electron chi connectivity index (χ0n) is 8.83. The Morgan fingerprint density at radius 1 is 1.62 bits per heavy atom. The molecule has 3 nitrogen and oxygen atoms in total. The molecule has 0 radical (unpaired) electrons. The first-order valence-electron chi connectivity index (χ1n) is 4.90. The van der Waals surface area contributed by atoms with Crippen LogP contribution in [0, 0.1) is 0 Å². The van der Waals surface area contributed by atoms with Crippen molar-refractivity contribution in [2.45, 2.75) is 25.8 Å². The second kappa shape index (κ2) is 6.74. The molecule has 1 aromatic rings. The average Bonchev–Trinajstić information content (AvgIpc) is 2.55. The molecule has 1 rings (SSSR count). The van der Waals surface area contributed by atoms with Crippen molar-refractivity contribution < 1.29 is 9.53 Å². The van der Waals surface area contributed by atoms with E-state index in [0.29, 0.717) is 19.4 Å². The second-order valence-electron chi connectivity index (χ2n) is 3.23. The number of halogens is 2. The van der Waals surface area contributed by atoms with Crippen molar-refractivity contribution in [3.8, 4) is 0 Å². The topological polar surface area (TPSA) is 52.3 Å². The largest absolute Gasteiger partial charge is 0.466 e. The van der Waals surface area contributed by atoms with Crippen LogP contribution in [0.3, 0.4) is 0 Å². The quantitative estimate of drug-likeness (QED) is 0.805. The van der Waals surface area contributed by atoms with Crippen molar-refractivity contribution in [3.05, 3.63) is 19.2 Å². The SMILES string of the molecule is CCOC(=O)CCC(N)c1cc(Br)sc1Br. The van der Waals surface area contributed by atoms with Gasteiger partial charge in [-0.25, -0.2) is 0 Å². The molecule has 2 N–H and O–H groups in total. The molecule has 0 aromatic carbocycles. The van der Waals surface area contributed by atoms with Crippen LogP contribution in [0.2, 0.25) is 0 Å². The lowest BCUT2D eigenvalue weighted by molar-refractivity contribution is -0.143. The summed E-state index contributed by atoms with van der Waals surface area (Å²) in [4.78, 5) is 11.2. The summed E-state index contributed by atoms with van der Waals surface area (Å²) in [6.07, 6.45) is 0.954. The molecule has 0 amide bonds. The molecule has 0 saturated carbocycles. The number of ether oxygens (including phenoxy) is 1. The van der Waals surface area contributed by atoms with Crippen LogP contribution in [-0.2, 0) is 9.53 Å². The lowest BCUT2D eigenvalue weighted by atomic mass is 10.1. The van der Waals surface area contributed by atoms with Crippen molar-refractivity contribution in [1.82, 2.24) is 0 Å². The number of rotatable bonds is 5. The summed E-state index contributed by atoms with van der Waals surface area (Å²) in [5.74, 6) is -0.191. The fraction of sp³-hybridized carbons (Fsp3) is 0.500.